The maximum atomic E-state index is 12.2. The van der Waals surface area contributed by atoms with Gasteiger partial charge in [0.25, 0.3) is 0 Å². The van der Waals surface area contributed by atoms with Gasteiger partial charge in [-0.15, -0.1) is 0 Å². The normalized spacial score (nSPS) is 10.1. The van der Waals surface area contributed by atoms with Crippen LogP contribution < -0.4 is 15.4 Å². The molecule has 0 spiro atoms. The molecule has 0 aliphatic carbocycles. The van der Waals surface area contributed by atoms with E-state index in [1.165, 1.54) is 14.0 Å². The number of halogens is 1. The Morgan fingerprint density at radius 2 is 1.88 bits per heavy atom. The van der Waals surface area contributed by atoms with Gasteiger partial charge in [0, 0.05) is 24.1 Å². The third-order valence-corrected chi connectivity index (χ3v) is 3.74. The first-order valence-corrected chi connectivity index (χ1v) is 7.86. The number of nitrogens with one attached hydrogen (secondary N) is 2. The van der Waals surface area contributed by atoms with Crippen LogP contribution in [0.5, 0.6) is 5.75 Å². The quantitative estimate of drug-likeness (QED) is 0.834. The highest BCUT2D eigenvalue weighted by molar-refractivity contribution is 6.31. The van der Waals surface area contributed by atoms with Crippen LogP contribution in [0.1, 0.15) is 18.9 Å². The summed E-state index contributed by atoms with van der Waals surface area (Å²) in [5, 5.41) is 6.13. The van der Waals surface area contributed by atoms with Crippen LogP contribution in [0.25, 0.3) is 0 Å². The molecule has 0 bridgehead atoms. The van der Waals surface area contributed by atoms with Crippen molar-refractivity contribution in [3.8, 4) is 5.75 Å². The zero-order chi connectivity index (χ0) is 17.5. The average molecular weight is 347 g/mol. The van der Waals surface area contributed by atoms with Crippen LogP contribution in [0.15, 0.2) is 42.5 Å². The number of amides is 2. The van der Waals surface area contributed by atoms with Crippen LogP contribution in [0, 0.1) is 0 Å². The SMILES string of the molecule is COc1ccc(NC(C)=O)cc1NC(=O)CCc1ccccc1Cl. The van der Waals surface area contributed by atoms with Gasteiger partial charge < -0.3 is 15.4 Å². The Hall–Kier alpha value is -2.53. The molecule has 2 N–H and O–H groups in total. The molecule has 0 aliphatic rings. The Morgan fingerprint density at radius 3 is 2.54 bits per heavy atom. The lowest BCUT2D eigenvalue weighted by atomic mass is 10.1. The van der Waals surface area contributed by atoms with E-state index in [1.54, 1.807) is 24.3 Å². The van der Waals surface area contributed by atoms with E-state index in [0.717, 1.165) is 5.56 Å². The van der Waals surface area contributed by atoms with E-state index in [2.05, 4.69) is 10.6 Å². The zero-order valence-electron chi connectivity index (χ0n) is 13.6. The van der Waals surface area contributed by atoms with Crippen LogP contribution in [0.2, 0.25) is 5.02 Å². The molecule has 0 aliphatic heterocycles. The predicted molar refractivity (Wildman–Crippen MR) is 95.7 cm³/mol. The van der Waals surface area contributed by atoms with E-state index in [4.69, 9.17) is 16.3 Å². The molecular formula is C18H19ClN2O3. The number of carbonyl (C=O) groups is 2. The third kappa shape index (κ3) is 4.99. The molecule has 0 saturated carbocycles. The van der Waals surface area contributed by atoms with Crippen molar-refractivity contribution in [2.24, 2.45) is 0 Å². The fourth-order valence-corrected chi connectivity index (χ4v) is 2.48. The summed E-state index contributed by atoms with van der Waals surface area (Å²) in [6, 6.07) is 12.5. The Balaban J connectivity index is 2.04. The van der Waals surface area contributed by atoms with E-state index < -0.39 is 0 Å². The molecule has 0 saturated heterocycles. The molecule has 126 valence electrons. The van der Waals surface area contributed by atoms with Crippen molar-refractivity contribution in [2.75, 3.05) is 17.7 Å². The van der Waals surface area contributed by atoms with E-state index in [9.17, 15) is 9.59 Å². The van der Waals surface area contributed by atoms with Crippen molar-refractivity contribution in [3.63, 3.8) is 0 Å². The minimum absolute atomic E-state index is 0.159. The molecule has 0 atom stereocenters. The molecule has 0 radical (unpaired) electrons. The first-order valence-electron chi connectivity index (χ1n) is 7.48. The summed E-state index contributed by atoms with van der Waals surface area (Å²) in [6.45, 7) is 1.42. The minimum atomic E-state index is -0.184. The van der Waals surface area contributed by atoms with Crippen molar-refractivity contribution in [1.29, 1.82) is 0 Å². The van der Waals surface area contributed by atoms with E-state index in [-0.39, 0.29) is 18.2 Å². The Morgan fingerprint density at radius 1 is 1.12 bits per heavy atom. The lowest BCUT2D eigenvalue weighted by molar-refractivity contribution is -0.116. The second-order valence-corrected chi connectivity index (χ2v) is 5.64. The van der Waals surface area contributed by atoms with E-state index in [0.29, 0.717) is 28.6 Å². The lowest BCUT2D eigenvalue weighted by Gasteiger charge is -2.12. The van der Waals surface area contributed by atoms with Gasteiger partial charge in [0.15, 0.2) is 0 Å². The van der Waals surface area contributed by atoms with E-state index >= 15 is 0 Å². The second-order valence-electron chi connectivity index (χ2n) is 5.24. The van der Waals surface area contributed by atoms with Gasteiger partial charge in [-0.05, 0) is 36.2 Å². The first-order chi connectivity index (χ1) is 11.5. The van der Waals surface area contributed by atoms with Gasteiger partial charge in [0.1, 0.15) is 5.75 Å². The van der Waals surface area contributed by atoms with Crippen LogP contribution in [0.3, 0.4) is 0 Å². The molecule has 0 aromatic heterocycles. The molecule has 6 heteroatoms. The zero-order valence-corrected chi connectivity index (χ0v) is 14.3. The van der Waals surface area contributed by atoms with Crippen LogP contribution in [0.4, 0.5) is 11.4 Å². The standard InChI is InChI=1S/C18H19ClN2O3/c1-12(22)20-14-8-9-17(24-2)16(11-14)21-18(23)10-7-13-5-3-4-6-15(13)19/h3-6,8-9,11H,7,10H2,1-2H3,(H,20,22)(H,21,23). The topological polar surface area (TPSA) is 67.4 Å². The Labute approximate surface area is 146 Å². The summed E-state index contributed by atoms with van der Waals surface area (Å²) in [7, 11) is 1.52. The number of ether oxygens (including phenoxy) is 1. The predicted octanol–water partition coefficient (Wildman–Crippen LogP) is 3.88. The van der Waals surface area contributed by atoms with Crippen molar-refractivity contribution >= 4 is 34.8 Å². The largest absolute Gasteiger partial charge is 0.495 e. The Bertz CT molecular complexity index is 747. The third-order valence-electron chi connectivity index (χ3n) is 3.37. The molecule has 2 aromatic rings. The van der Waals surface area contributed by atoms with Crippen LogP contribution in [-0.4, -0.2) is 18.9 Å². The molecule has 0 unspecified atom stereocenters. The average Bonchev–Trinajstić information content (AvgIpc) is 2.54. The summed E-state index contributed by atoms with van der Waals surface area (Å²) in [6.07, 6.45) is 0.830. The van der Waals surface area contributed by atoms with Crippen LogP contribution in [-0.2, 0) is 16.0 Å². The van der Waals surface area contributed by atoms with Crippen molar-refractivity contribution in [2.45, 2.75) is 19.8 Å². The molecular weight excluding hydrogens is 328 g/mol. The van der Waals surface area contributed by atoms with Gasteiger partial charge in [-0.25, -0.2) is 0 Å². The fourth-order valence-electron chi connectivity index (χ4n) is 2.25. The number of hydrogen-bond donors (Lipinski definition) is 2. The van der Waals surface area contributed by atoms with Gasteiger partial charge in [-0.3, -0.25) is 9.59 Å². The molecule has 2 rings (SSSR count). The van der Waals surface area contributed by atoms with Crippen molar-refractivity contribution in [3.05, 3.63) is 53.1 Å². The molecule has 5 nitrogen and oxygen atoms in total. The fraction of sp³-hybridized carbons (Fsp3) is 0.222. The monoisotopic (exact) mass is 346 g/mol. The number of aryl methyl sites for hydroxylation is 1. The maximum absolute atomic E-state index is 12.2. The van der Waals surface area contributed by atoms with E-state index in [1.807, 2.05) is 18.2 Å². The highest BCUT2D eigenvalue weighted by Crippen LogP contribution is 2.28. The lowest BCUT2D eigenvalue weighted by Crippen LogP contribution is -2.14. The first kappa shape index (κ1) is 17.8. The number of anilines is 2. The van der Waals surface area contributed by atoms with Gasteiger partial charge in [-0.2, -0.15) is 0 Å². The number of benzene rings is 2. The smallest absolute Gasteiger partial charge is 0.224 e. The number of rotatable bonds is 6. The summed E-state index contributed by atoms with van der Waals surface area (Å²) in [4.78, 5) is 23.4. The number of methoxy groups -OCH3 is 1. The van der Waals surface area contributed by atoms with Gasteiger partial charge in [-0.1, -0.05) is 29.8 Å². The summed E-state index contributed by atoms with van der Waals surface area (Å²) in [5.74, 6) is 0.180. The van der Waals surface area contributed by atoms with Crippen molar-refractivity contribution < 1.29 is 14.3 Å². The minimum Gasteiger partial charge on any atom is -0.495 e. The maximum Gasteiger partial charge on any atom is 0.224 e. The van der Waals surface area contributed by atoms with Crippen LogP contribution >= 0.6 is 11.6 Å². The summed E-state index contributed by atoms with van der Waals surface area (Å²) < 4.78 is 5.24. The summed E-state index contributed by atoms with van der Waals surface area (Å²) >= 11 is 6.09. The number of carbonyl (C=O) groups excluding carboxylic acids is 2. The Kier molecular flexibility index (Phi) is 6.21. The molecule has 2 aromatic carbocycles. The van der Waals surface area contributed by atoms with Gasteiger partial charge >= 0.3 is 0 Å². The highest BCUT2D eigenvalue weighted by atomic mass is 35.5. The summed E-state index contributed by atoms with van der Waals surface area (Å²) in [5.41, 5.74) is 2.02. The van der Waals surface area contributed by atoms with Gasteiger partial charge in [0.05, 0.1) is 12.8 Å². The molecule has 24 heavy (non-hydrogen) atoms. The second kappa shape index (κ2) is 8.36. The molecule has 2 amide bonds. The molecule has 0 fully saturated rings. The highest BCUT2D eigenvalue weighted by Gasteiger charge is 2.10. The number of hydrogen-bond acceptors (Lipinski definition) is 3. The van der Waals surface area contributed by atoms with Gasteiger partial charge in [0.2, 0.25) is 11.8 Å². The van der Waals surface area contributed by atoms with Crippen molar-refractivity contribution in [1.82, 2.24) is 0 Å². The molecule has 0 heterocycles.